The van der Waals surface area contributed by atoms with Crippen LogP contribution in [0, 0.1) is 0 Å². The van der Waals surface area contributed by atoms with Gasteiger partial charge >= 0.3 is 0 Å². The third kappa shape index (κ3) is 2.76. The van der Waals surface area contributed by atoms with Crippen LogP contribution in [0.5, 0.6) is 5.75 Å². The molecule has 1 heterocycles. The van der Waals surface area contributed by atoms with Crippen molar-refractivity contribution in [3.05, 3.63) is 47.5 Å². The van der Waals surface area contributed by atoms with Gasteiger partial charge in [-0.15, -0.1) is 0 Å². The van der Waals surface area contributed by atoms with Crippen LogP contribution in [0.1, 0.15) is 0 Å². The van der Waals surface area contributed by atoms with Gasteiger partial charge in [-0.3, -0.25) is 0 Å². The van der Waals surface area contributed by atoms with Crippen molar-refractivity contribution in [2.75, 3.05) is 24.3 Å². The van der Waals surface area contributed by atoms with Crippen molar-refractivity contribution < 1.29 is 5.11 Å². The third-order valence-electron chi connectivity index (χ3n) is 3.21. The fourth-order valence-corrected chi connectivity index (χ4v) is 2.36. The van der Waals surface area contributed by atoms with Crippen LogP contribution in [0.25, 0.3) is 10.9 Å². The Labute approximate surface area is 133 Å². The van der Waals surface area contributed by atoms with E-state index in [9.17, 15) is 5.11 Å². The van der Waals surface area contributed by atoms with E-state index in [0.717, 1.165) is 16.7 Å². The first-order valence-electron chi connectivity index (χ1n) is 6.74. The summed E-state index contributed by atoms with van der Waals surface area (Å²) in [5, 5.41) is 14.4. The predicted octanol–water partition coefficient (Wildman–Crippen LogP) is 3.80. The van der Waals surface area contributed by atoms with Crippen LogP contribution < -0.4 is 10.2 Å². The van der Waals surface area contributed by atoms with Crippen molar-refractivity contribution in [1.82, 2.24) is 9.97 Å². The topological polar surface area (TPSA) is 61.3 Å². The van der Waals surface area contributed by atoms with E-state index in [1.165, 1.54) is 6.07 Å². The highest BCUT2D eigenvalue weighted by atomic mass is 35.5. The van der Waals surface area contributed by atoms with Gasteiger partial charge in [-0.2, -0.15) is 4.98 Å². The first-order chi connectivity index (χ1) is 10.5. The highest BCUT2D eigenvalue weighted by molar-refractivity contribution is 6.31. The van der Waals surface area contributed by atoms with E-state index in [4.69, 9.17) is 11.6 Å². The smallest absolute Gasteiger partial charge is 0.229 e. The summed E-state index contributed by atoms with van der Waals surface area (Å²) in [5.41, 5.74) is 1.29. The predicted molar refractivity (Wildman–Crippen MR) is 90.3 cm³/mol. The number of aromatic hydroxyl groups is 1. The monoisotopic (exact) mass is 314 g/mol. The SMILES string of the molecule is CN(C)c1nc(Nc2cc(Cl)ccc2O)nc2ccccc12. The molecule has 0 radical (unpaired) electrons. The Morgan fingerprint density at radius 1 is 1.09 bits per heavy atom. The zero-order valence-corrected chi connectivity index (χ0v) is 13.0. The van der Waals surface area contributed by atoms with E-state index in [1.807, 2.05) is 43.3 Å². The van der Waals surface area contributed by atoms with Crippen LogP contribution in [0.15, 0.2) is 42.5 Å². The molecule has 0 aliphatic rings. The summed E-state index contributed by atoms with van der Waals surface area (Å²) < 4.78 is 0. The van der Waals surface area contributed by atoms with Gasteiger partial charge in [0.25, 0.3) is 0 Å². The maximum absolute atomic E-state index is 9.90. The van der Waals surface area contributed by atoms with Crippen LogP contribution in [0.3, 0.4) is 0 Å². The number of fused-ring (bicyclic) bond motifs is 1. The van der Waals surface area contributed by atoms with Gasteiger partial charge in [-0.25, -0.2) is 4.98 Å². The average Bonchev–Trinajstić information content (AvgIpc) is 2.50. The van der Waals surface area contributed by atoms with Crippen LogP contribution in [-0.4, -0.2) is 29.2 Å². The highest BCUT2D eigenvalue weighted by Gasteiger charge is 2.10. The summed E-state index contributed by atoms with van der Waals surface area (Å²) in [6.07, 6.45) is 0. The van der Waals surface area contributed by atoms with Gasteiger partial charge in [0.05, 0.1) is 11.2 Å². The van der Waals surface area contributed by atoms with Gasteiger partial charge in [-0.1, -0.05) is 23.7 Å². The number of rotatable bonds is 3. The Morgan fingerprint density at radius 3 is 2.64 bits per heavy atom. The van der Waals surface area contributed by atoms with E-state index in [-0.39, 0.29) is 5.75 Å². The molecule has 0 saturated heterocycles. The Balaban J connectivity index is 2.09. The largest absolute Gasteiger partial charge is 0.506 e. The molecular weight excluding hydrogens is 300 g/mol. The Hall–Kier alpha value is -2.53. The van der Waals surface area contributed by atoms with E-state index >= 15 is 0 Å². The molecule has 5 nitrogen and oxygen atoms in total. The van der Waals surface area contributed by atoms with Crippen LogP contribution in [-0.2, 0) is 0 Å². The molecule has 2 N–H and O–H groups in total. The molecule has 0 unspecified atom stereocenters. The van der Waals surface area contributed by atoms with Crippen molar-refractivity contribution in [3.8, 4) is 5.75 Å². The molecule has 3 aromatic rings. The number of anilines is 3. The van der Waals surface area contributed by atoms with Crippen LogP contribution >= 0.6 is 11.6 Å². The Bertz CT molecular complexity index is 835. The van der Waals surface area contributed by atoms with Gasteiger partial charge in [-0.05, 0) is 30.3 Å². The number of phenols is 1. The third-order valence-corrected chi connectivity index (χ3v) is 3.45. The van der Waals surface area contributed by atoms with Crippen molar-refractivity contribution in [1.29, 1.82) is 0 Å². The van der Waals surface area contributed by atoms with Crippen molar-refractivity contribution >= 4 is 40.0 Å². The first kappa shape index (κ1) is 14.4. The molecule has 0 saturated carbocycles. The molecular formula is C16H15ClN4O. The second-order valence-electron chi connectivity index (χ2n) is 5.07. The van der Waals surface area contributed by atoms with Gasteiger partial charge in [0.1, 0.15) is 11.6 Å². The summed E-state index contributed by atoms with van der Waals surface area (Å²) in [6, 6.07) is 12.6. The molecule has 112 valence electrons. The lowest BCUT2D eigenvalue weighted by Crippen LogP contribution is -2.13. The highest BCUT2D eigenvalue weighted by Crippen LogP contribution is 2.30. The first-order valence-corrected chi connectivity index (χ1v) is 7.12. The Kier molecular flexibility index (Phi) is 3.73. The number of hydrogen-bond acceptors (Lipinski definition) is 5. The van der Waals surface area contributed by atoms with Gasteiger partial charge in [0, 0.05) is 24.5 Å². The second kappa shape index (κ2) is 5.69. The van der Waals surface area contributed by atoms with E-state index < -0.39 is 0 Å². The minimum absolute atomic E-state index is 0.0903. The molecule has 22 heavy (non-hydrogen) atoms. The van der Waals surface area contributed by atoms with Gasteiger partial charge < -0.3 is 15.3 Å². The molecule has 0 amide bonds. The van der Waals surface area contributed by atoms with Crippen molar-refractivity contribution in [3.63, 3.8) is 0 Å². The summed E-state index contributed by atoms with van der Waals surface area (Å²) in [7, 11) is 3.85. The quantitative estimate of drug-likeness (QED) is 0.720. The molecule has 0 aliphatic heterocycles. The average molecular weight is 315 g/mol. The van der Waals surface area contributed by atoms with Crippen LogP contribution in [0.4, 0.5) is 17.5 Å². The summed E-state index contributed by atoms with van der Waals surface area (Å²) in [4.78, 5) is 10.9. The molecule has 2 aromatic carbocycles. The summed E-state index contributed by atoms with van der Waals surface area (Å²) in [6.45, 7) is 0. The zero-order chi connectivity index (χ0) is 15.7. The molecule has 0 atom stereocenters. The maximum Gasteiger partial charge on any atom is 0.229 e. The van der Waals surface area contributed by atoms with Crippen molar-refractivity contribution in [2.24, 2.45) is 0 Å². The number of aromatic nitrogens is 2. The normalized spacial score (nSPS) is 10.7. The van der Waals surface area contributed by atoms with Gasteiger partial charge in [0.15, 0.2) is 0 Å². The molecule has 6 heteroatoms. The molecule has 3 rings (SSSR count). The van der Waals surface area contributed by atoms with E-state index in [0.29, 0.717) is 16.7 Å². The number of nitrogens with zero attached hydrogens (tertiary/aromatic N) is 3. The summed E-state index contributed by atoms with van der Waals surface area (Å²) in [5.74, 6) is 1.29. The number of phenolic OH excluding ortho intramolecular Hbond substituents is 1. The lowest BCUT2D eigenvalue weighted by molar-refractivity contribution is 0.477. The second-order valence-corrected chi connectivity index (χ2v) is 5.51. The number of nitrogens with one attached hydrogen (secondary N) is 1. The molecule has 0 aliphatic carbocycles. The van der Waals surface area contributed by atoms with E-state index in [2.05, 4.69) is 15.3 Å². The van der Waals surface area contributed by atoms with Gasteiger partial charge in [0.2, 0.25) is 5.95 Å². The number of para-hydroxylation sites is 1. The molecule has 0 fully saturated rings. The summed E-state index contributed by atoms with van der Waals surface area (Å²) >= 11 is 5.96. The maximum atomic E-state index is 9.90. The Morgan fingerprint density at radius 2 is 1.86 bits per heavy atom. The fraction of sp³-hybridized carbons (Fsp3) is 0.125. The van der Waals surface area contributed by atoms with Crippen LogP contribution in [0.2, 0.25) is 5.02 Å². The number of benzene rings is 2. The molecule has 0 bridgehead atoms. The number of hydrogen-bond donors (Lipinski definition) is 2. The molecule has 0 spiro atoms. The minimum Gasteiger partial charge on any atom is -0.506 e. The van der Waals surface area contributed by atoms with E-state index in [1.54, 1.807) is 12.1 Å². The standard InChI is InChI=1S/C16H15ClN4O/c1-21(2)15-11-5-3-4-6-12(11)18-16(20-15)19-13-9-10(17)7-8-14(13)22/h3-9,22H,1-2H3,(H,18,19,20). The number of halogens is 1. The minimum atomic E-state index is 0.0903. The lowest BCUT2D eigenvalue weighted by Gasteiger charge is -2.16. The molecule has 1 aromatic heterocycles. The fourth-order valence-electron chi connectivity index (χ4n) is 2.19. The lowest BCUT2D eigenvalue weighted by atomic mass is 10.2. The van der Waals surface area contributed by atoms with Crippen molar-refractivity contribution in [2.45, 2.75) is 0 Å². The zero-order valence-electron chi connectivity index (χ0n) is 12.2.